The van der Waals surface area contributed by atoms with Crippen molar-refractivity contribution in [1.82, 2.24) is 4.72 Å². The van der Waals surface area contributed by atoms with E-state index in [-0.39, 0.29) is 4.90 Å². The van der Waals surface area contributed by atoms with Crippen molar-refractivity contribution in [2.45, 2.75) is 37.6 Å². The minimum absolute atomic E-state index is 0.144. The predicted molar refractivity (Wildman–Crippen MR) is 73.5 cm³/mol. The second kappa shape index (κ2) is 5.89. The first kappa shape index (κ1) is 14.6. The molecule has 5 heteroatoms. The fourth-order valence-corrected chi connectivity index (χ4v) is 2.83. The molecule has 1 aromatic rings. The van der Waals surface area contributed by atoms with Crippen LogP contribution in [-0.2, 0) is 16.4 Å². The number of hydrogen-bond donors (Lipinski definition) is 2. The topological polar surface area (TPSA) is 72.2 Å². The van der Waals surface area contributed by atoms with Crippen molar-refractivity contribution in [3.05, 3.63) is 23.8 Å². The summed E-state index contributed by atoms with van der Waals surface area (Å²) in [5, 5.41) is 0. The van der Waals surface area contributed by atoms with Crippen molar-refractivity contribution in [2.24, 2.45) is 0 Å². The molecular weight excluding hydrogens is 248 g/mol. The van der Waals surface area contributed by atoms with Gasteiger partial charge in [0.05, 0.1) is 10.9 Å². The summed E-state index contributed by atoms with van der Waals surface area (Å²) in [7, 11) is -3.60. The number of nitrogens with two attached hydrogens (primary N) is 1. The fraction of sp³-hybridized carbons (Fsp3) is 0.385. The molecule has 0 aromatic heterocycles. The maximum absolute atomic E-state index is 12.0. The average molecular weight is 266 g/mol. The maximum Gasteiger partial charge on any atom is 0.241 e. The molecule has 0 aliphatic heterocycles. The van der Waals surface area contributed by atoms with Crippen molar-refractivity contribution in [1.29, 1.82) is 0 Å². The highest BCUT2D eigenvalue weighted by Crippen LogP contribution is 2.18. The lowest BCUT2D eigenvalue weighted by Gasteiger charge is -2.12. The second-order valence-electron chi connectivity index (χ2n) is 3.96. The molecule has 98 valence electrons. The molecule has 18 heavy (non-hydrogen) atoms. The molecule has 1 rings (SSSR count). The molecule has 1 aromatic carbocycles. The van der Waals surface area contributed by atoms with Gasteiger partial charge in [-0.3, -0.25) is 0 Å². The summed E-state index contributed by atoms with van der Waals surface area (Å²) in [4.78, 5) is 0.144. The number of sulfonamides is 1. The van der Waals surface area contributed by atoms with E-state index in [0.29, 0.717) is 12.1 Å². The van der Waals surface area contributed by atoms with Gasteiger partial charge in [0.2, 0.25) is 10.0 Å². The van der Waals surface area contributed by atoms with Crippen LogP contribution in [0.25, 0.3) is 0 Å². The minimum Gasteiger partial charge on any atom is -0.398 e. The van der Waals surface area contributed by atoms with Crippen LogP contribution in [0.1, 0.15) is 25.8 Å². The summed E-state index contributed by atoms with van der Waals surface area (Å²) >= 11 is 0. The van der Waals surface area contributed by atoms with E-state index in [2.05, 4.69) is 10.6 Å². The molecule has 3 N–H and O–H groups in total. The highest BCUT2D eigenvalue weighted by molar-refractivity contribution is 7.89. The van der Waals surface area contributed by atoms with Gasteiger partial charge < -0.3 is 5.73 Å². The Morgan fingerprint density at radius 1 is 1.44 bits per heavy atom. The normalized spacial score (nSPS) is 12.9. The molecule has 0 aliphatic carbocycles. The molecule has 0 amide bonds. The van der Waals surface area contributed by atoms with Gasteiger partial charge in [0, 0.05) is 5.69 Å². The lowest BCUT2D eigenvalue weighted by molar-refractivity contribution is 0.570. The summed E-state index contributed by atoms with van der Waals surface area (Å²) in [5.74, 6) is 2.39. The molecular formula is C13H18N2O2S. The Morgan fingerprint density at radius 2 is 2.11 bits per heavy atom. The summed E-state index contributed by atoms with van der Waals surface area (Å²) in [6.45, 7) is 3.78. The quantitative estimate of drug-likeness (QED) is 0.627. The van der Waals surface area contributed by atoms with Gasteiger partial charge in [-0.25, -0.2) is 8.42 Å². The van der Waals surface area contributed by atoms with Crippen LogP contribution in [0.3, 0.4) is 0 Å². The third kappa shape index (κ3) is 3.25. The number of nitrogen functional groups attached to an aromatic ring is 1. The van der Waals surface area contributed by atoms with E-state index in [9.17, 15) is 8.42 Å². The highest BCUT2D eigenvalue weighted by Gasteiger charge is 2.18. The summed E-state index contributed by atoms with van der Waals surface area (Å²) in [6.07, 6.45) is 6.55. The lowest BCUT2D eigenvalue weighted by atomic mass is 10.1. The molecule has 0 bridgehead atoms. The second-order valence-corrected chi connectivity index (χ2v) is 5.68. The van der Waals surface area contributed by atoms with Gasteiger partial charge in [-0.1, -0.05) is 25.8 Å². The maximum atomic E-state index is 12.0. The van der Waals surface area contributed by atoms with Crippen molar-refractivity contribution in [2.75, 3.05) is 5.73 Å². The zero-order valence-corrected chi connectivity index (χ0v) is 11.4. The third-order valence-corrected chi connectivity index (χ3v) is 4.18. The Hall–Kier alpha value is -1.51. The number of anilines is 1. The zero-order chi connectivity index (χ0) is 13.8. The molecule has 0 radical (unpaired) electrons. The average Bonchev–Trinajstić information content (AvgIpc) is 2.35. The predicted octanol–water partition coefficient (Wildman–Crippen LogP) is 1.52. The SMILES string of the molecule is C#CC(CC)NS(=O)(=O)c1ccc(CC)c(N)c1. The number of benzene rings is 1. The molecule has 0 aliphatic rings. The van der Waals surface area contributed by atoms with Gasteiger partial charge in [0.15, 0.2) is 0 Å². The van der Waals surface area contributed by atoms with Crippen molar-refractivity contribution < 1.29 is 8.42 Å². The monoisotopic (exact) mass is 266 g/mol. The smallest absolute Gasteiger partial charge is 0.241 e. The Bertz CT molecular complexity index is 559. The van der Waals surface area contributed by atoms with E-state index in [1.165, 1.54) is 6.07 Å². The molecule has 4 nitrogen and oxygen atoms in total. The minimum atomic E-state index is -3.60. The van der Waals surface area contributed by atoms with Crippen LogP contribution in [0.2, 0.25) is 0 Å². The van der Waals surface area contributed by atoms with Crippen LogP contribution in [-0.4, -0.2) is 14.5 Å². The Balaban J connectivity index is 3.06. The molecule has 1 unspecified atom stereocenters. The van der Waals surface area contributed by atoms with E-state index in [1.54, 1.807) is 12.1 Å². The standard InChI is InChI=1S/C13H18N2O2S/c1-4-10-7-8-12(9-13(10)14)18(16,17)15-11(5-2)6-3/h2,7-9,11,15H,4,6,14H2,1,3H3. The summed E-state index contributed by atoms with van der Waals surface area (Å²) in [5.41, 5.74) is 7.20. The number of aryl methyl sites for hydroxylation is 1. The van der Waals surface area contributed by atoms with Crippen molar-refractivity contribution in [3.8, 4) is 12.3 Å². The van der Waals surface area contributed by atoms with Crippen LogP contribution >= 0.6 is 0 Å². The molecule has 0 spiro atoms. The van der Waals surface area contributed by atoms with Gasteiger partial charge in [-0.2, -0.15) is 4.72 Å². The van der Waals surface area contributed by atoms with E-state index >= 15 is 0 Å². The first-order valence-corrected chi connectivity index (χ1v) is 7.29. The zero-order valence-electron chi connectivity index (χ0n) is 10.6. The third-order valence-electron chi connectivity index (χ3n) is 2.72. The largest absolute Gasteiger partial charge is 0.398 e. The summed E-state index contributed by atoms with van der Waals surface area (Å²) in [6, 6.07) is 4.23. The molecule has 0 heterocycles. The molecule has 0 saturated heterocycles. The van der Waals surface area contributed by atoms with Gasteiger partial charge in [0.1, 0.15) is 0 Å². The number of hydrogen-bond acceptors (Lipinski definition) is 3. The van der Waals surface area contributed by atoms with E-state index in [1.807, 2.05) is 13.8 Å². The molecule has 1 atom stereocenters. The molecule has 0 saturated carbocycles. The van der Waals surface area contributed by atoms with Crippen LogP contribution in [0.15, 0.2) is 23.1 Å². The van der Waals surface area contributed by atoms with Crippen molar-refractivity contribution in [3.63, 3.8) is 0 Å². The molecule has 0 fully saturated rings. The Morgan fingerprint density at radius 3 is 2.56 bits per heavy atom. The van der Waals surface area contributed by atoms with E-state index < -0.39 is 16.1 Å². The summed E-state index contributed by atoms with van der Waals surface area (Å²) < 4.78 is 26.6. The lowest BCUT2D eigenvalue weighted by Crippen LogP contribution is -2.33. The van der Waals surface area contributed by atoms with Gasteiger partial charge in [-0.15, -0.1) is 6.42 Å². The first-order valence-electron chi connectivity index (χ1n) is 5.81. The van der Waals surface area contributed by atoms with Crippen molar-refractivity contribution >= 4 is 15.7 Å². The Labute approximate surface area is 109 Å². The van der Waals surface area contributed by atoms with E-state index in [4.69, 9.17) is 12.2 Å². The van der Waals surface area contributed by atoms with Gasteiger partial charge in [-0.05, 0) is 30.5 Å². The van der Waals surface area contributed by atoms with Crippen LogP contribution in [0.4, 0.5) is 5.69 Å². The Kier molecular flexibility index (Phi) is 4.76. The van der Waals surface area contributed by atoms with Crippen LogP contribution < -0.4 is 10.5 Å². The van der Waals surface area contributed by atoms with Crippen LogP contribution in [0.5, 0.6) is 0 Å². The highest BCUT2D eigenvalue weighted by atomic mass is 32.2. The number of terminal acetylenes is 1. The first-order chi connectivity index (χ1) is 8.44. The van der Waals surface area contributed by atoms with E-state index in [0.717, 1.165) is 12.0 Å². The fourth-order valence-electron chi connectivity index (χ4n) is 1.55. The number of nitrogens with one attached hydrogen (secondary N) is 1. The van der Waals surface area contributed by atoms with Crippen LogP contribution in [0, 0.1) is 12.3 Å². The van der Waals surface area contributed by atoms with Gasteiger partial charge >= 0.3 is 0 Å². The number of rotatable bonds is 5. The van der Waals surface area contributed by atoms with Gasteiger partial charge in [0.25, 0.3) is 0 Å².